The lowest BCUT2D eigenvalue weighted by molar-refractivity contribution is -0.126. The summed E-state index contributed by atoms with van der Waals surface area (Å²) in [6, 6.07) is -0.427. The van der Waals surface area contributed by atoms with Gasteiger partial charge < -0.3 is 15.0 Å². The van der Waals surface area contributed by atoms with Crippen LogP contribution in [0.3, 0.4) is 0 Å². The maximum atomic E-state index is 12.5. The summed E-state index contributed by atoms with van der Waals surface area (Å²) >= 11 is 0. The number of hydrogen-bond donors (Lipinski definition) is 1. The van der Waals surface area contributed by atoms with Crippen molar-refractivity contribution in [2.24, 2.45) is 11.8 Å². The monoisotopic (exact) mass is 296 g/mol. The van der Waals surface area contributed by atoms with Gasteiger partial charge in [-0.2, -0.15) is 0 Å². The molecule has 2 amide bonds. The zero-order chi connectivity index (χ0) is 15.2. The van der Waals surface area contributed by atoms with E-state index in [0.29, 0.717) is 13.2 Å². The van der Waals surface area contributed by atoms with Crippen molar-refractivity contribution >= 4 is 11.8 Å². The molecule has 0 aromatic heterocycles. The molecule has 1 atom stereocenters. The van der Waals surface area contributed by atoms with Crippen LogP contribution < -0.4 is 5.32 Å². The topological polar surface area (TPSA) is 58.6 Å². The number of nitrogens with one attached hydrogen (secondary N) is 1. The van der Waals surface area contributed by atoms with Gasteiger partial charge in [-0.05, 0) is 38.0 Å². The number of urea groups is 1. The van der Waals surface area contributed by atoms with E-state index in [2.05, 4.69) is 5.32 Å². The maximum Gasteiger partial charge on any atom is 0.317 e. The van der Waals surface area contributed by atoms with Gasteiger partial charge in [0.15, 0.2) is 5.78 Å². The van der Waals surface area contributed by atoms with E-state index in [4.69, 9.17) is 4.74 Å². The summed E-state index contributed by atoms with van der Waals surface area (Å²) in [7, 11) is 0. The second-order valence-corrected chi connectivity index (χ2v) is 6.48. The Kier molecular flexibility index (Phi) is 6.03. The number of ether oxygens (including phenoxy) is 1. The summed E-state index contributed by atoms with van der Waals surface area (Å²) in [4.78, 5) is 26.7. The highest BCUT2D eigenvalue weighted by Crippen LogP contribution is 2.22. The fraction of sp³-hybridized carbons (Fsp3) is 0.875. The molecule has 0 aromatic carbocycles. The van der Waals surface area contributed by atoms with Gasteiger partial charge in [0.1, 0.15) is 0 Å². The van der Waals surface area contributed by atoms with Crippen molar-refractivity contribution < 1.29 is 14.3 Å². The molecule has 21 heavy (non-hydrogen) atoms. The van der Waals surface area contributed by atoms with Crippen molar-refractivity contribution in [3.63, 3.8) is 0 Å². The average molecular weight is 296 g/mol. The molecular formula is C16H28N2O3. The Bertz CT molecular complexity index is 359. The molecule has 1 N–H and O–H groups in total. The van der Waals surface area contributed by atoms with Gasteiger partial charge >= 0.3 is 6.03 Å². The Labute approximate surface area is 127 Å². The van der Waals surface area contributed by atoms with Crippen LogP contribution in [-0.2, 0) is 9.53 Å². The third-order valence-corrected chi connectivity index (χ3v) is 4.54. The lowest BCUT2D eigenvalue weighted by Crippen LogP contribution is -2.53. The minimum absolute atomic E-state index is 0.0560. The van der Waals surface area contributed by atoms with Crippen LogP contribution in [0.1, 0.15) is 46.0 Å². The van der Waals surface area contributed by atoms with Crippen LogP contribution in [-0.4, -0.2) is 49.1 Å². The third kappa shape index (κ3) is 4.43. The van der Waals surface area contributed by atoms with Crippen LogP contribution in [0.2, 0.25) is 0 Å². The molecule has 2 rings (SSSR count). The summed E-state index contributed by atoms with van der Waals surface area (Å²) in [5.74, 6) is 0.300. The first-order valence-corrected chi connectivity index (χ1v) is 8.26. The highest BCUT2D eigenvalue weighted by atomic mass is 16.5. The molecule has 5 nitrogen and oxygen atoms in total. The summed E-state index contributed by atoms with van der Waals surface area (Å²) in [5.41, 5.74) is 0. The molecule has 0 unspecified atom stereocenters. The number of hydrogen-bond acceptors (Lipinski definition) is 3. The number of rotatable bonds is 4. The molecule has 2 aliphatic rings. The fourth-order valence-corrected chi connectivity index (χ4v) is 3.15. The molecule has 0 saturated carbocycles. The van der Waals surface area contributed by atoms with Crippen molar-refractivity contribution in [1.82, 2.24) is 10.2 Å². The predicted octanol–water partition coefficient (Wildman–Crippen LogP) is 2.20. The molecule has 0 aromatic rings. The molecule has 2 heterocycles. The first-order valence-electron chi connectivity index (χ1n) is 8.26. The molecule has 0 bridgehead atoms. The number of piperidine rings is 1. The van der Waals surface area contributed by atoms with Gasteiger partial charge in [-0.15, -0.1) is 0 Å². The van der Waals surface area contributed by atoms with Gasteiger partial charge in [0.2, 0.25) is 0 Å². The summed E-state index contributed by atoms with van der Waals surface area (Å²) in [6.07, 6.45) is 5.02. The van der Waals surface area contributed by atoms with Crippen molar-refractivity contribution in [2.75, 3.05) is 26.3 Å². The Balaban J connectivity index is 2.00. The third-order valence-electron chi connectivity index (χ3n) is 4.54. The van der Waals surface area contributed by atoms with Gasteiger partial charge in [0.05, 0.1) is 6.04 Å². The molecular weight excluding hydrogens is 268 g/mol. The fourth-order valence-electron chi connectivity index (χ4n) is 3.15. The first-order chi connectivity index (χ1) is 10.1. The van der Waals surface area contributed by atoms with E-state index < -0.39 is 0 Å². The minimum Gasteiger partial charge on any atom is -0.381 e. The highest BCUT2D eigenvalue weighted by Gasteiger charge is 2.33. The summed E-state index contributed by atoms with van der Waals surface area (Å²) in [6.45, 7) is 6.80. The van der Waals surface area contributed by atoms with E-state index in [0.717, 1.165) is 38.8 Å². The second kappa shape index (κ2) is 7.78. The standard InChI is InChI=1S/C16H28N2O3/c1-12(2)15(19)14(13-6-10-21-11-7-13)17-16(20)18-8-4-3-5-9-18/h12-14H,3-11H2,1-2H3,(H,17,20)/t14-/m0/s1. The normalized spacial score (nSPS) is 22.1. The molecule has 0 aliphatic carbocycles. The SMILES string of the molecule is CC(C)C(=O)[C@@H](NC(=O)N1CCCCC1)C1CCOCC1. The van der Waals surface area contributed by atoms with E-state index in [1.807, 2.05) is 18.7 Å². The molecule has 2 saturated heterocycles. The second-order valence-electron chi connectivity index (χ2n) is 6.48. The zero-order valence-electron chi connectivity index (χ0n) is 13.3. The van der Waals surface area contributed by atoms with Gasteiger partial charge in [-0.3, -0.25) is 4.79 Å². The number of likely N-dealkylation sites (tertiary alicyclic amines) is 1. The predicted molar refractivity (Wildman–Crippen MR) is 81.1 cm³/mol. The highest BCUT2D eigenvalue weighted by molar-refractivity contribution is 5.90. The van der Waals surface area contributed by atoms with Crippen LogP contribution in [0, 0.1) is 11.8 Å². The number of Topliss-reactive ketones (excluding diaryl/α,β-unsaturated/α-hetero) is 1. The van der Waals surface area contributed by atoms with Gasteiger partial charge in [-0.25, -0.2) is 4.79 Å². The lowest BCUT2D eigenvalue weighted by Gasteiger charge is -2.34. The van der Waals surface area contributed by atoms with Crippen LogP contribution in [0.4, 0.5) is 4.79 Å². The maximum absolute atomic E-state index is 12.5. The summed E-state index contributed by atoms with van der Waals surface area (Å²) in [5, 5.41) is 3.02. The molecule has 2 aliphatic heterocycles. The van der Waals surface area contributed by atoms with E-state index in [1.54, 1.807) is 0 Å². The Morgan fingerprint density at radius 3 is 2.29 bits per heavy atom. The van der Waals surface area contributed by atoms with Gasteiger partial charge in [0.25, 0.3) is 0 Å². The molecule has 0 radical (unpaired) electrons. The van der Waals surface area contributed by atoms with Gasteiger partial charge in [0, 0.05) is 32.2 Å². The van der Waals surface area contributed by atoms with Gasteiger partial charge in [-0.1, -0.05) is 13.8 Å². The van der Waals surface area contributed by atoms with Crippen molar-refractivity contribution in [3.05, 3.63) is 0 Å². The van der Waals surface area contributed by atoms with Crippen LogP contribution in [0.5, 0.6) is 0 Å². The number of carbonyl (C=O) groups excluding carboxylic acids is 2. The molecule has 2 fully saturated rings. The number of amides is 2. The quantitative estimate of drug-likeness (QED) is 0.865. The van der Waals surface area contributed by atoms with Crippen LogP contribution in [0.25, 0.3) is 0 Å². The Morgan fingerprint density at radius 1 is 1.10 bits per heavy atom. The van der Waals surface area contributed by atoms with Crippen molar-refractivity contribution in [2.45, 2.75) is 52.0 Å². The summed E-state index contributed by atoms with van der Waals surface area (Å²) < 4.78 is 5.38. The van der Waals surface area contributed by atoms with E-state index in [1.165, 1.54) is 6.42 Å². The Hall–Kier alpha value is -1.10. The van der Waals surface area contributed by atoms with E-state index in [-0.39, 0.29) is 29.7 Å². The van der Waals surface area contributed by atoms with Crippen LogP contribution >= 0.6 is 0 Å². The zero-order valence-corrected chi connectivity index (χ0v) is 13.3. The van der Waals surface area contributed by atoms with E-state index in [9.17, 15) is 9.59 Å². The lowest BCUT2D eigenvalue weighted by atomic mass is 9.85. The smallest absolute Gasteiger partial charge is 0.317 e. The van der Waals surface area contributed by atoms with Crippen LogP contribution in [0.15, 0.2) is 0 Å². The van der Waals surface area contributed by atoms with Crippen molar-refractivity contribution in [3.8, 4) is 0 Å². The van der Waals surface area contributed by atoms with E-state index >= 15 is 0 Å². The first kappa shape index (κ1) is 16.3. The number of carbonyl (C=O) groups is 2. The Morgan fingerprint density at radius 2 is 1.71 bits per heavy atom. The number of ketones is 1. The molecule has 0 spiro atoms. The largest absolute Gasteiger partial charge is 0.381 e. The average Bonchev–Trinajstić information content (AvgIpc) is 2.53. The minimum atomic E-state index is -0.358. The molecule has 120 valence electrons. The van der Waals surface area contributed by atoms with Crippen molar-refractivity contribution in [1.29, 1.82) is 0 Å². The molecule has 5 heteroatoms. The number of nitrogens with zero attached hydrogens (tertiary/aromatic N) is 1.